The summed E-state index contributed by atoms with van der Waals surface area (Å²) in [5.74, 6) is 1.62. The van der Waals surface area contributed by atoms with Crippen molar-refractivity contribution in [3.8, 4) is 0 Å². The molecule has 2 aliphatic rings. The van der Waals surface area contributed by atoms with Crippen LogP contribution in [0.4, 0.5) is 29.2 Å². The van der Waals surface area contributed by atoms with Gasteiger partial charge in [0.2, 0.25) is 27.7 Å². The van der Waals surface area contributed by atoms with E-state index in [4.69, 9.17) is 20.2 Å². The van der Waals surface area contributed by atoms with Crippen LogP contribution in [0.2, 0.25) is 0 Å². The quantitative estimate of drug-likeness (QED) is 0.0804. The molecule has 8 rings (SSSR count). The van der Waals surface area contributed by atoms with E-state index in [-0.39, 0.29) is 46.9 Å². The van der Waals surface area contributed by atoms with Crippen LogP contribution in [0.25, 0.3) is 11.3 Å². The summed E-state index contributed by atoms with van der Waals surface area (Å²) >= 11 is 0. The zero-order valence-corrected chi connectivity index (χ0v) is 37.2. The molecule has 2 aliphatic heterocycles. The molecule has 22 nitrogen and oxygen atoms in total. The minimum Gasteiger partial charge on any atom is -0.381 e. The first-order chi connectivity index (χ1) is 30.6. The average molecular weight is 903 g/mol. The van der Waals surface area contributed by atoms with Gasteiger partial charge in [0.25, 0.3) is 16.5 Å². The standard InChI is InChI=1S/C20H25N7O3.C16H18N6O4S.C5H11NO/c1-13(2)17-12-22-26-18(17)24-19(23-15-6-8-30-9-7-15)25-20(26)21-11-14-4-3-5-16(10-14)27(28)29;1-10(2)13-9-18-21-14(13)19-16(27(3,25)26)20-15(21)17-8-11-5-4-6-12(7-11)22(23)24;6-5-1-3-7-4-2-5/h3-5,10,12-13,15H,6-9,11H2,1-2H3,(H2,21,23,24,25);4-7,9-10H,8H2,1-3H3,(H,17,19,20);5H,1-4,6H2. The molecule has 23 heteroatoms. The van der Waals surface area contributed by atoms with Crippen molar-refractivity contribution < 1.29 is 27.7 Å². The number of nitrogens with one attached hydrogen (secondary N) is 3. The number of aromatic nitrogens is 8. The summed E-state index contributed by atoms with van der Waals surface area (Å²) in [6.07, 6.45) is 8.36. The molecule has 2 saturated heterocycles. The Hall–Kier alpha value is -6.43. The van der Waals surface area contributed by atoms with Crippen LogP contribution in [0, 0.1) is 20.2 Å². The minimum absolute atomic E-state index is 0.0276. The van der Waals surface area contributed by atoms with E-state index in [0.29, 0.717) is 35.7 Å². The maximum atomic E-state index is 12.0. The lowest BCUT2D eigenvalue weighted by atomic mass is 10.1. The molecule has 342 valence electrons. The third-order valence-electron chi connectivity index (χ3n) is 10.3. The maximum Gasteiger partial charge on any atom is 0.269 e. The Morgan fingerprint density at radius 3 is 1.64 bits per heavy atom. The number of ether oxygens (including phenoxy) is 2. The number of fused-ring (bicyclic) bond motifs is 2. The van der Waals surface area contributed by atoms with E-state index in [1.165, 1.54) is 22.7 Å². The zero-order valence-electron chi connectivity index (χ0n) is 36.4. The van der Waals surface area contributed by atoms with Gasteiger partial charge >= 0.3 is 0 Å². The molecule has 64 heavy (non-hydrogen) atoms. The van der Waals surface area contributed by atoms with Gasteiger partial charge in [-0.25, -0.2) is 8.42 Å². The Morgan fingerprint density at radius 2 is 1.20 bits per heavy atom. The summed E-state index contributed by atoms with van der Waals surface area (Å²) in [6, 6.07) is 13.3. The van der Waals surface area contributed by atoms with Gasteiger partial charge in [0.05, 0.1) is 22.2 Å². The molecule has 0 bridgehead atoms. The molecule has 0 aliphatic carbocycles. The smallest absolute Gasteiger partial charge is 0.269 e. The minimum atomic E-state index is -3.63. The number of hydrogen-bond donors (Lipinski definition) is 4. The summed E-state index contributed by atoms with van der Waals surface area (Å²) in [4.78, 5) is 38.6. The second kappa shape index (κ2) is 21.3. The summed E-state index contributed by atoms with van der Waals surface area (Å²) < 4.78 is 37.5. The Labute approximate surface area is 369 Å². The number of nitrogens with two attached hydrogens (primary N) is 1. The molecule has 6 aromatic rings. The summed E-state index contributed by atoms with van der Waals surface area (Å²) in [6.45, 7) is 11.9. The van der Waals surface area contributed by atoms with Crippen LogP contribution in [-0.4, -0.2) is 102 Å². The fraction of sp³-hybridized carbons (Fsp3) is 0.463. The van der Waals surface area contributed by atoms with Gasteiger partial charge in [-0.1, -0.05) is 52.0 Å². The van der Waals surface area contributed by atoms with Gasteiger partial charge in [0.15, 0.2) is 11.3 Å². The predicted octanol–water partition coefficient (Wildman–Crippen LogP) is 5.65. The van der Waals surface area contributed by atoms with Crippen LogP contribution in [0.15, 0.2) is 66.1 Å². The summed E-state index contributed by atoms with van der Waals surface area (Å²) in [5, 5.41) is 40.0. The number of rotatable bonds is 13. The third-order valence-corrected chi connectivity index (χ3v) is 11.2. The van der Waals surface area contributed by atoms with Crippen LogP contribution < -0.4 is 21.7 Å². The van der Waals surface area contributed by atoms with Gasteiger partial charge in [-0.2, -0.15) is 39.2 Å². The van der Waals surface area contributed by atoms with Gasteiger partial charge in [-0.3, -0.25) is 20.2 Å². The van der Waals surface area contributed by atoms with E-state index in [9.17, 15) is 28.6 Å². The molecule has 0 amide bonds. The van der Waals surface area contributed by atoms with Gasteiger partial charge in [-0.05, 0) is 48.6 Å². The highest BCUT2D eigenvalue weighted by Gasteiger charge is 2.21. The van der Waals surface area contributed by atoms with E-state index in [1.54, 1.807) is 35.0 Å². The molecule has 0 atom stereocenters. The van der Waals surface area contributed by atoms with Crippen molar-refractivity contribution in [1.29, 1.82) is 0 Å². The zero-order chi connectivity index (χ0) is 46.0. The Morgan fingerprint density at radius 1 is 0.734 bits per heavy atom. The molecule has 6 heterocycles. The molecule has 5 N–H and O–H groups in total. The van der Waals surface area contributed by atoms with Crippen molar-refractivity contribution in [3.05, 3.63) is 103 Å². The second-order valence-corrected chi connectivity index (χ2v) is 17.9. The summed E-state index contributed by atoms with van der Waals surface area (Å²) in [5.41, 5.74) is 9.99. The molecular formula is C41H54N14O8S. The van der Waals surface area contributed by atoms with E-state index >= 15 is 0 Å². The van der Waals surface area contributed by atoms with Crippen molar-refractivity contribution in [3.63, 3.8) is 0 Å². The first kappa shape index (κ1) is 47.1. The van der Waals surface area contributed by atoms with Gasteiger partial charge < -0.3 is 31.2 Å². The number of hydrogen-bond acceptors (Lipinski definition) is 18. The third kappa shape index (κ3) is 12.4. The van der Waals surface area contributed by atoms with Crippen molar-refractivity contribution in [2.75, 3.05) is 48.6 Å². The van der Waals surface area contributed by atoms with E-state index < -0.39 is 19.7 Å². The van der Waals surface area contributed by atoms with Gasteiger partial charge in [0, 0.05) is 93.2 Å². The number of benzene rings is 2. The van der Waals surface area contributed by atoms with Crippen LogP contribution in [-0.2, 0) is 32.4 Å². The Balaban J connectivity index is 0.000000185. The van der Waals surface area contributed by atoms with Crippen molar-refractivity contribution in [1.82, 2.24) is 39.2 Å². The maximum absolute atomic E-state index is 12.0. The highest BCUT2D eigenvalue weighted by molar-refractivity contribution is 7.90. The van der Waals surface area contributed by atoms with Crippen LogP contribution >= 0.6 is 0 Å². The topological polar surface area (TPSA) is 287 Å². The van der Waals surface area contributed by atoms with E-state index in [0.717, 1.165) is 80.7 Å². The molecule has 0 spiro atoms. The Kier molecular flexibility index (Phi) is 15.7. The SMILES string of the molecule is CC(C)c1cnn2c(NCc3cccc([N+](=O)[O-])c3)nc(NC3CCOCC3)nc12.CC(C)c1cnn2c(NCc3cccc([N+](=O)[O-])c3)nc(S(C)(=O)=O)nc12.NC1CCOCC1. The van der Waals surface area contributed by atoms with Crippen LogP contribution in [0.3, 0.4) is 0 Å². The number of nitro groups is 2. The molecule has 4 aromatic heterocycles. The fourth-order valence-corrected chi connectivity index (χ4v) is 7.21. The highest BCUT2D eigenvalue weighted by atomic mass is 32.2. The largest absolute Gasteiger partial charge is 0.381 e. The molecule has 2 fully saturated rings. The highest BCUT2D eigenvalue weighted by Crippen LogP contribution is 2.25. The second-order valence-electron chi connectivity index (χ2n) is 16.0. The molecule has 0 saturated carbocycles. The summed E-state index contributed by atoms with van der Waals surface area (Å²) in [7, 11) is -3.63. The number of nitrogens with zero attached hydrogens (tertiary/aromatic N) is 10. The number of anilines is 3. The van der Waals surface area contributed by atoms with Crippen molar-refractivity contribution in [2.45, 2.75) is 95.5 Å². The number of non-ortho nitro benzene ring substituents is 2. The lowest BCUT2D eigenvalue weighted by Gasteiger charge is -2.23. The monoisotopic (exact) mass is 902 g/mol. The lowest BCUT2D eigenvalue weighted by Crippen LogP contribution is -2.29. The number of sulfone groups is 1. The Bertz CT molecular complexity index is 2660. The van der Waals surface area contributed by atoms with E-state index in [2.05, 4.69) is 54.9 Å². The fourth-order valence-electron chi connectivity index (χ4n) is 6.71. The molecule has 0 unspecified atom stereocenters. The first-order valence-electron chi connectivity index (χ1n) is 20.9. The predicted molar refractivity (Wildman–Crippen MR) is 239 cm³/mol. The van der Waals surface area contributed by atoms with Crippen molar-refractivity contribution >= 4 is 50.4 Å². The van der Waals surface area contributed by atoms with Crippen LogP contribution in [0.1, 0.15) is 87.5 Å². The molecule has 0 radical (unpaired) electrons. The van der Waals surface area contributed by atoms with Crippen LogP contribution in [0.5, 0.6) is 0 Å². The van der Waals surface area contributed by atoms with Gasteiger partial charge in [-0.15, -0.1) is 0 Å². The van der Waals surface area contributed by atoms with Crippen molar-refractivity contribution in [2.24, 2.45) is 5.73 Å². The molecular weight excluding hydrogens is 849 g/mol. The number of nitro benzene ring substituents is 2. The van der Waals surface area contributed by atoms with Gasteiger partial charge in [0.1, 0.15) is 0 Å². The van der Waals surface area contributed by atoms with E-state index in [1.807, 2.05) is 26.1 Å². The average Bonchev–Trinajstić information content (AvgIpc) is 3.91. The lowest BCUT2D eigenvalue weighted by molar-refractivity contribution is -0.385. The first-order valence-corrected chi connectivity index (χ1v) is 22.8. The normalized spacial score (nSPS) is 14.8. The molecule has 2 aromatic carbocycles.